The summed E-state index contributed by atoms with van der Waals surface area (Å²) in [6, 6.07) is 0. The van der Waals surface area contributed by atoms with Crippen LogP contribution in [0.5, 0.6) is 0 Å². The van der Waals surface area contributed by atoms with E-state index in [1.54, 1.807) is 5.41 Å². The minimum absolute atomic E-state index is 0.930. The third-order valence-electron chi connectivity index (χ3n) is 0.600. The van der Waals surface area contributed by atoms with Gasteiger partial charge in [0.2, 0.25) is 0 Å². The molecule has 0 aliphatic carbocycles. The molecule has 0 bridgehead atoms. The largest absolute Gasteiger partial charge is 0.380 e. The Bertz CT molecular complexity index is 89.3. The maximum atomic E-state index is 3.71. The summed E-state index contributed by atoms with van der Waals surface area (Å²) in [4.78, 5) is 0. The van der Waals surface area contributed by atoms with Gasteiger partial charge in [-0.2, -0.15) is 0 Å². The van der Waals surface area contributed by atoms with E-state index in [0.717, 1.165) is 11.6 Å². The van der Waals surface area contributed by atoms with Crippen molar-refractivity contribution in [2.75, 3.05) is 6.54 Å². The Morgan fingerprint density at radius 1 is 1.60 bits per heavy atom. The molecule has 60 valence electrons. The molecule has 0 aromatic rings. The van der Waals surface area contributed by atoms with Crippen molar-refractivity contribution < 1.29 is 0 Å². The lowest BCUT2D eigenvalue weighted by Gasteiger charge is -2.00. The minimum Gasteiger partial charge on any atom is -0.380 e. The van der Waals surface area contributed by atoms with Crippen LogP contribution in [0.15, 0.2) is 23.6 Å². The van der Waals surface area contributed by atoms with Gasteiger partial charge in [-0.05, 0) is 12.3 Å². The normalized spacial score (nSPS) is 7.10. The molecule has 1 N–H and O–H groups in total. The predicted octanol–water partition coefficient (Wildman–Crippen LogP) is 2.97. The second kappa shape index (κ2) is 11.4. The van der Waals surface area contributed by atoms with Crippen LogP contribution in [0.4, 0.5) is 0 Å². The number of hydrogen-bond donors (Lipinski definition) is 1. The molecule has 0 saturated heterocycles. The minimum atomic E-state index is 0.930. The van der Waals surface area contributed by atoms with Crippen LogP contribution in [0.3, 0.4) is 0 Å². The highest BCUT2D eigenvalue weighted by atomic mass is 32.2. The van der Waals surface area contributed by atoms with Crippen LogP contribution in [0.1, 0.15) is 20.8 Å². The lowest BCUT2D eigenvalue weighted by molar-refractivity contribution is 0.909. The topological polar surface area (TPSA) is 12.0 Å². The molecule has 0 heterocycles. The molecule has 0 aromatic heterocycles. The van der Waals surface area contributed by atoms with Gasteiger partial charge in [-0.15, -0.1) is 0 Å². The van der Waals surface area contributed by atoms with Gasteiger partial charge in [0.25, 0.3) is 0 Å². The smallest absolute Gasteiger partial charge is 0.0650 e. The standard InChI is InChI=1S/C6H11NS.C2H6/c1-4-7-6(3)8-5-2;1-2/h5,7H,2-4H2,1H3;1-2H3. The molecule has 0 radical (unpaired) electrons. The fourth-order valence-corrected chi connectivity index (χ4v) is 0.768. The van der Waals surface area contributed by atoms with Crippen molar-refractivity contribution in [1.82, 2.24) is 5.32 Å². The van der Waals surface area contributed by atoms with Gasteiger partial charge >= 0.3 is 0 Å². The summed E-state index contributed by atoms with van der Waals surface area (Å²) in [5.41, 5.74) is 0. The molecule has 2 heteroatoms. The third kappa shape index (κ3) is 10.6. The maximum absolute atomic E-state index is 3.71. The van der Waals surface area contributed by atoms with E-state index in [4.69, 9.17) is 0 Å². The highest BCUT2D eigenvalue weighted by molar-refractivity contribution is 8.05. The van der Waals surface area contributed by atoms with E-state index in [9.17, 15) is 0 Å². The highest BCUT2D eigenvalue weighted by Gasteiger charge is 1.82. The summed E-state index contributed by atoms with van der Waals surface area (Å²) < 4.78 is 0. The third-order valence-corrected chi connectivity index (χ3v) is 1.20. The first kappa shape index (κ1) is 12.3. The van der Waals surface area contributed by atoms with E-state index in [1.807, 2.05) is 20.8 Å². The van der Waals surface area contributed by atoms with E-state index in [2.05, 4.69) is 18.5 Å². The molecule has 0 spiro atoms. The summed E-state index contributed by atoms with van der Waals surface area (Å²) in [7, 11) is 0. The van der Waals surface area contributed by atoms with Crippen molar-refractivity contribution in [1.29, 1.82) is 0 Å². The van der Waals surface area contributed by atoms with Crippen molar-refractivity contribution >= 4 is 11.8 Å². The predicted molar refractivity (Wildman–Crippen MR) is 52.0 cm³/mol. The fourth-order valence-electron chi connectivity index (χ4n) is 0.339. The van der Waals surface area contributed by atoms with Gasteiger partial charge in [-0.25, -0.2) is 0 Å². The molecule has 1 nitrogen and oxygen atoms in total. The van der Waals surface area contributed by atoms with E-state index >= 15 is 0 Å². The summed E-state index contributed by atoms with van der Waals surface area (Å²) in [5, 5.41) is 5.76. The van der Waals surface area contributed by atoms with Gasteiger partial charge in [0.15, 0.2) is 0 Å². The molecule has 0 aliphatic heterocycles. The van der Waals surface area contributed by atoms with E-state index in [0.29, 0.717) is 0 Å². The monoisotopic (exact) mass is 159 g/mol. The van der Waals surface area contributed by atoms with Crippen molar-refractivity contribution in [3.05, 3.63) is 23.6 Å². The first-order valence-electron chi connectivity index (χ1n) is 3.51. The lowest BCUT2D eigenvalue weighted by Crippen LogP contribution is -2.07. The molecule has 0 rings (SSSR count). The first-order chi connectivity index (χ1) is 4.81. The van der Waals surface area contributed by atoms with Gasteiger partial charge < -0.3 is 5.32 Å². The molecule has 0 saturated carbocycles. The molecule has 0 fully saturated rings. The van der Waals surface area contributed by atoms with Crippen molar-refractivity contribution in [2.24, 2.45) is 0 Å². The van der Waals surface area contributed by atoms with Gasteiger partial charge in [-0.3, -0.25) is 0 Å². The summed E-state index contributed by atoms with van der Waals surface area (Å²) in [6.45, 7) is 14.2. The van der Waals surface area contributed by atoms with Gasteiger partial charge in [0.05, 0.1) is 5.03 Å². The fraction of sp³-hybridized carbons (Fsp3) is 0.500. The Labute approximate surface area is 68.6 Å². The van der Waals surface area contributed by atoms with E-state index in [-0.39, 0.29) is 0 Å². The van der Waals surface area contributed by atoms with Gasteiger partial charge in [-0.1, -0.05) is 38.8 Å². The zero-order chi connectivity index (χ0) is 8.41. The zero-order valence-electron chi connectivity index (χ0n) is 7.11. The SMILES string of the molecule is C=CSC(=C)NCC.CC. The zero-order valence-corrected chi connectivity index (χ0v) is 7.92. The molecule has 0 amide bonds. The Hall–Kier alpha value is -0.370. The second-order valence-electron chi connectivity index (χ2n) is 1.24. The van der Waals surface area contributed by atoms with Crippen LogP contribution in [0.2, 0.25) is 0 Å². The summed E-state index contributed by atoms with van der Waals surface area (Å²) in [5.74, 6) is 0. The summed E-state index contributed by atoms with van der Waals surface area (Å²) in [6.07, 6.45) is 0. The molecule has 0 unspecified atom stereocenters. The Kier molecular flexibility index (Phi) is 14.1. The molecular weight excluding hydrogens is 142 g/mol. The van der Waals surface area contributed by atoms with Crippen molar-refractivity contribution in [3.63, 3.8) is 0 Å². The number of hydrogen-bond acceptors (Lipinski definition) is 2. The molecule has 10 heavy (non-hydrogen) atoms. The van der Waals surface area contributed by atoms with Crippen LogP contribution in [0.25, 0.3) is 0 Å². The van der Waals surface area contributed by atoms with Gasteiger partial charge in [0, 0.05) is 6.54 Å². The van der Waals surface area contributed by atoms with Crippen LogP contribution in [-0.2, 0) is 0 Å². The highest BCUT2D eigenvalue weighted by Crippen LogP contribution is 2.08. The van der Waals surface area contributed by atoms with E-state index in [1.165, 1.54) is 11.8 Å². The molecule has 0 aliphatic rings. The van der Waals surface area contributed by atoms with Crippen molar-refractivity contribution in [2.45, 2.75) is 20.8 Å². The van der Waals surface area contributed by atoms with Crippen LogP contribution in [-0.4, -0.2) is 6.54 Å². The Morgan fingerprint density at radius 2 is 2.10 bits per heavy atom. The molecular formula is C8H17NS. The second-order valence-corrected chi connectivity index (χ2v) is 2.30. The van der Waals surface area contributed by atoms with Crippen molar-refractivity contribution in [3.8, 4) is 0 Å². The maximum Gasteiger partial charge on any atom is 0.0650 e. The first-order valence-corrected chi connectivity index (χ1v) is 4.39. The Balaban J connectivity index is 0. The molecule has 0 aromatic carbocycles. The summed E-state index contributed by atoms with van der Waals surface area (Å²) >= 11 is 1.51. The van der Waals surface area contributed by atoms with E-state index < -0.39 is 0 Å². The van der Waals surface area contributed by atoms with Crippen LogP contribution >= 0.6 is 11.8 Å². The quantitative estimate of drug-likeness (QED) is 0.677. The average molecular weight is 159 g/mol. The number of rotatable bonds is 4. The number of nitrogens with one attached hydrogen (secondary N) is 1. The van der Waals surface area contributed by atoms with Gasteiger partial charge in [0.1, 0.15) is 0 Å². The Morgan fingerprint density at radius 3 is 2.40 bits per heavy atom. The molecule has 0 atom stereocenters. The van der Waals surface area contributed by atoms with Crippen LogP contribution < -0.4 is 5.32 Å². The number of thioether (sulfide) groups is 1. The van der Waals surface area contributed by atoms with Crippen LogP contribution in [0, 0.1) is 0 Å². The lowest BCUT2D eigenvalue weighted by atomic mass is 10.7. The average Bonchev–Trinajstić information content (AvgIpc) is 1.93.